The molecule has 0 radical (unpaired) electrons. The second-order valence-electron chi connectivity index (χ2n) is 7.37. The van der Waals surface area contributed by atoms with Gasteiger partial charge in [0.1, 0.15) is 11.9 Å². The Labute approximate surface area is 143 Å². The summed E-state index contributed by atoms with van der Waals surface area (Å²) in [5.41, 5.74) is 7.05. The van der Waals surface area contributed by atoms with Crippen molar-refractivity contribution in [3.63, 3.8) is 0 Å². The molecule has 1 aromatic carbocycles. The van der Waals surface area contributed by atoms with Gasteiger partial charge in [-0.25, -0.2) is 0 Å². The van der Waals surface area contributed by atoms with Crippen LogP contribution in [0.1, 0.15) is 50.7 Å². The molecule has 0 saturated heterocycles. The van der Waals surface area contributed by atoms with Crippen molar-refractivity contribution in [3.05, 3.63) is 46.5 Å². The molecule has 3 aliphatic rings. The lowest BCUT2D eigenvalue weighted by Crippen LogP contribution is -2.41. The Kier molecular flexibility index (Phi) is 3.56. The molecule has 0 bridgehead atoms. The second kappa shape index (κ2) is 5.51. The van der Waals surface area contributed by atoms with Crippen LogP contribution in [0.5, 0.6) is 5.75 Å². The Bertz CT molecular complexity index is 771. The molecule has 24 heavy (non-hydrogen) atoms. The van der Waals surface area contributed by atoms with Crippen molar-refractivity contribution in [2.24, 2.45) is 5.41 Å². The van der Waals surface area contributed by atoms with Crippen molar-refractivity contribution in [2.75, 3.05) is 7.11 Å². The Hall–Kier alpha value is -2.03. The van der Waals surface area contributed by atoms with Crippen molar-refractivity contribution < 1.29 is 14.3 Å². The van der Waals surface area contributed by atoms with Crippen LogP contribution in [-0.2, 0) is 16.0 Å². The molecule has 0 saturated carbocycles. The molecule has 2 atom stereocenters. The molecule has 4 rings (SSSR count). The van der Waals surface area contributed by atoms with Crippen LogP contribution in [0.3, 0.4) is 0 Å². The highest BCUT2D eigenvalue weighted by Gasteiger charge is 2.47. The minimum atomic E-state index is -0.165. The quantitative estimate of drug-likeness (QED) is 0.754. The van der Waals surface area contributed by atoms with Crippen molar-refractivity contribution in [1.82, 2.24) is 0 Å². The van der Waals surface area contributed by atoms with Crippen LogP contribution >= 0.6 is 0 Å². The van der Waals surface area contributed by atoms with Crippen LogP contribution in [0.4, 0.5) is 0 Å². The fourth-order valence-electron chi connectivity index (χ4n) is 4.78. The molecule has 0 aliphatic heterocycles. The zero-order valence-electron chi connectivity index (χ0n) is 14.6. The average Bonchev–Trinajstić information content (AvgIpc) is 2.92. The highest BCUT2D eigenvalue weighted by Crippen LogP contribution is 2.55. The van der Waals surface area contributed by atoms with Crippen LogP contribution in [-0.4, -0.2) is 19.2 Å². The van der Waals surface area contributed by atoms with Gasteiger partial charge in [0.25, 0.3) is 0 Å². The summed E-state index contributed by atoms with van der Waals surface area (Å²) in [4.78, 5) is 11.5. The third-order valence-electron chi connectivity index (χ3n) is 6.00. The van der Waals surface area contributed by atoms with Crippen LogP contribution in [0, 0.1) is 5.41 Å². The molecule has 1 aromatic rings. The number of fused-ring (bicyclic) bond motifs is 4. The van der Waals surface area contributed by atoms with E-state index in [1.54, 1.807) is 7.11 Å². The second-order valence-corrected chi connectivity index (χ2v) is 7.37. The maximum atomic E-state index is 11.5. The molecule has 0 spiro atoms. The molecule has 0 N–H and O–H groups in total. The van der Waals surface area contributed by atoms with E-state index in [2.05, 4.69) is 31.2 Å². The number of ether oxygens (including phenoxy) is 2. The lowest BCUT2D eigenvalue weighted by atomic mass is 9.62. The predicted octanol–water partition coefficient (Wildman–Crippen LogP) is 4.46. The molecule has 0 unspecified atom stereocenters. The monoisotopic (exact) mass is 324 g/mol. The van der Waals surface area contributed by atoms with E-state index in [4.69, 9.17) is 9.47 Å². The van der Waals surface area contributed by atoms with Gasteiger partial charge in [-0.2, -0.15) is 0 Å². The predicted molar refractivity (Wildman–Crippen MR) is 93.8 cm³/mol. The van der Waals surface area contributed by atoms with Crippen LogP contribution in [0.2, 0.25) is 0 Å². The van der Waals surface area contributed by atoms with Gasteiger partial charge in [0.15, 0.2) is 0 Å². The topological polar surface area (TPSA) is 35.5 Å². The molecule has 3 heteroatoms. The number of methoxy groups -OCH3 is 1. The third-order valence-corrected chi connectivity index (χ3v) is 6.00. The highest BCUT2D eigenvalue weighted by atomic mass is 16.5. The van der Waals surface area contributed by atoms with E-state index in [0.717, 1.165) is 37.9 Å². The lowest BCUT2D eigenvalue weighted by Gasteiger charge is -2.45. The summed E-state index contributed by atoms with van der Waals surface area (Å²) in [5, 5.41) is 0. The van der Waals surface area contributed by atoms with Crippen molar-refractivity contribution >= 4 is 11.5 Å². The Morgan fingerprint density at radius 1 is 1.29 bits per heavy atom. The SMILES string of the molecule is COc1ccc2c(c1)CC1=C2CC[C@]2(C)C1=CCC[C@@H]2OC(C)=O. The number of benzene rings is 1. The van der Waals surface area contributed by atoms with Gasteiger partial charge < -0.3 is 9.47 Å². The number of hydrogen-bond acceptors (Lipinski definition) is 3. The zero-order chi connectivity index (χ0) is 16.9. The Morgan fingerprint density at radius 2 is 2.12 bits per heavy atom. The van der Waals surface area contributed by atoms with Crippen molar-refractivity contribution in [1.29, 1.82) is 0 Å². The molecule has 3 aliphatic carbocycles. The summed E-state index contributed by atoms with van der Waals surface area (Å²) in [6.07, 6.45) is 7.37. The molecule has 0 amide bonds. The van der Waals surface area contributed by atoms with E-state index in [1.807, 2.05) is 0 Å². The normalized spacial score (nSPS) is 27.8. The van der Waals surface area contributed by atoms with E-state index >= 15 is 0 Å². The smallest absolute Gasteiger partial charge is 0.302 e. The minimum Gasteiger partial charge on any atom is -0.497 e. The molecule has 126 valence electrons. The fraction of sp³-hybridized carbons (Fsp3) is 0.476. The Morgan fingerprint density at radius 3 is 2.88 bits per heavy atom. The van der Waals surface area contributed by atoms with Gasteiger partial charge in [-0.3, -0.25) is 4.79 Å². The molecule has 3 nitrogen and oxygen atoms in total. The van der Waals surface area contributed by atoms with Gasteiger partial charge in [-0.15, -0.1) is 0 Å². The molecular formula is C21H24O3. The first-order chi connectivity index (χ1) is 11.5. The number of allylic oxidation sites excluding steroid dienone is 3. The number of hydrogen-bond donors (Lipinski definition) is 0. The zero-order valence-corrected chi connectivity index (χ0v) is 14.6. The maximum Gasteiger partial charge on any atom is 0.302 e. The van der Waals surface area contributed by atoms with Crippen LogP contribution in [0.25, 0.3) is 5.57 Å². The minimum absolute atomic E-state index is 0.00213. The van der Waals surface area contributed by atoms with E-state index in [-0.39, 0.29) is 17.5 Å². The summed E-state index contributed by atoms with van der Waals surface area (Å²) in [7, 11) is 1.72. The fourth-order valence-corrected chi connectivity index (χ4v) is 4.78. The van der Waals surface area contributed by atoms with E-state index in [9.17, 15) is 4.79 Å². The van der Waals surface area contributed by atoms with Crippen molar-refractivity contribution in [3.8, 4) is 5.75 Å². The van der Waals surface area contributed by atoms with Gasteiger partial charge in [-0.1, -0.05) is 19.1 Å². The van der Waals surface area contributed by atoms with Crippen LogP contribution in [0.15, 0.2) is 35.4 Å². The number of esters is 1. The first-order valence-corrected chi connectivity index (χ1v) is 8.80. The van der Waals surface area contributed by atoms with Gasteiger partial charge in [0.2, 0.25) is 0 Å². The molecule has 0 fully saturated rings. The van der Waals surface area contributed by atoms with E-state index in [0.29, 0.717) is 0 Å². The maximum absolute atomic E-state index is 11.5. The van der Waals surface area contributed by atoms with E-state index in [1.165, 1.54) is 34.8 Å². The number of rotatable bonds is 2. The van der Waals surface area contributed by atoms with E-state index < -0.39 is 0 Å². The van der Waals surface area contributed by atoms with Gasteiger partial charge in [-0.05, 0) is 72.1 Å². The number of carbonyl (C=O) groups is 1. The third kappa shape index (κ3) is 2.21. The first kappa shape index (κ1) is 15.5. The average molecular weight is 324 g/mol. The highest BCUT2D eigenvalue weighted by molar-refractivity contribution is 5.82. The number of carbonyl (C=O) groups excluding carboxylic acids is 1. The molecule has 0 aromatic heterocycles. The summed E-state index contributed by atoms with van der Waals surface area (Å²) in [5.74, 6) is 0.758. The largest absolute Gasteiger partial charge is 0.497 e. The first-order valence-electron chi connectivity index (χ1n) is 8.80. The molecular weight excluding hydrogens is 300 g/mol. The lowest BCUT2D eigenvalue weighted by molar-refractivity contribution is -0.152. The summed E-state index contributed by atoms with van der Waals surface area (Å²) < 4.78 is 11.1. The standard InChI is InChI=1S/C21H24O3/c1-13(22)24-20-6-4-5-19-18-12-14-11-15(23-3)7-8-16(14)17(18)9-10-21(19,20)2/h5,7-8,11,20H,4,6,9-10,12H2,1-3H3/t20-,21+/m0/s1. The van der Waals surface area contributed by atoms with Crippen molar-refractivity contribution in [2.45, 2.75) is 52.1 Å². The summed E-state index contributed by atoms with van der Waals surface area (Å²) in [6, 6.07) is 6.42. The van der Waals surface area contributed by atoms with Gasteiger partial charge in [0.05, 0.1) is 7.11 Å². The van der Waals surface area contributed by atoms with Gasteiger partial charge >= 0.3 is 5.97 Å². The molecule has 0 heterocycles. The summed E-state index contributed by atoms with van der Waals surface area (Å²) >= 11 is 0. The van der Waals surface area contributed by atoms with Gasteiger partial charge in [0, 0.05) is 12.3 Å². The van der Waals surface area contributed by atoms with Crippen LogP contribution < -0.4 is 4.74 Å². The summed E-state index contributed by atoms with van der Waals surface area (Å²) in [6.45, 7) is 3.80. The Balaban J connectivity index is 1.73.